The molecule has 0 atom stereocenters. The zero-order valence-electron chi connectivity index (χ0n) is 12.7. The average Bonchev–Trinajstić information content (AvgIpc) is 2.22. The van der Waals surface area contributed by atoms with Gasteiger partial charge in [0.05, 0.1) is 19.0 Å². The number of hydrogen-bond donors (Lipinski definition) is 2. The van der Waals surface area contributed by atoms with Crippen LogP contribution in [0.25, 0.3) is 0 Å². The first-order chi connectivity index (χ1) is 8.74. The predicted molar refractivity (Wildman–Crippen MR) is 76.4 cm³/mol. The highest BCUT2D eigenvalue weighted by Crippen LogP contribution is 2.45. The smallest absolute Gasteiger partial charge is 0.233 e. The molecule has 4 heteroatoms. The summed E-state index contributed by atoms with van der Waals surface area (Å²) < 4.78 is 0. The fraction of sp³-hybridized carbons (Fsp3) is 0.867. The number of rotatable bonds is 5. The van der Waals surface area contributed by atoms with Crippen LogP contribution in [0.15, 0.2) is 0 Å². The zero-order chi connectivity index (χ0) is 14.5. The quantitative estimate of drug-likeness (QED) is 0.749. The molecule has 1 aliphatic carbocycles. The monoisotopic (exact) mass is 265 g/mol. The molecule has 0 unspecified atom stereocenters. The van der Waals surface area contributed by atoms with Crippen LogP contribution < -0.4 is 10.6 Å². The molecule has 2 N–H and O–H groups in total. The van der Waals surface area contributed by atoms with E-state index in [0.29, 0.717) is 36.4 Å². The van der Waals surface area contributed by atoms with E-state index in [4.69, 9.17) is 5.26 Å². The number of hydrogen-bond acceptors (Lipinski definition) is 3. The molecule has 1 amide bonds. The van der Waals surface area contributed by atoms with Gasteiger partial charge in [0.2, 0.25) is 5.91 Å². The van der Waals surface area contributed by atoms with Crippen molar-refractivity contribution in [2.75, 3.05) is 13.1 Å². The molecule has 0 aromatic carbocycles. The molecule has 4 nitrogen and oxygen atoms in total. The zero-order valence-corrected chi connectivity index (χ0v) is 12.7. The molecule has 1 aliphatic rings. The molecule has 1 saturated carbocycles. The van der Waals surface area contributed by atoms with E-state index in [2.05, 4.69) is 38.3 Å². The van der Waals surface area contributed by atoms with Crippen LogP contribution in [0.3, 0.4) is 0 Å². The van der Waals surface area contributed by atoms with Gasteiger partial charge in [0.25, 0.3) is 0 Å². The Balaban J connectivity index is 2.36. The third kappa shape index (κ3) is 6.07. The lowest BCUT2D eigenvalue weighted by molar-refractivity contribution is -0.120. The Kier molecular flexibility index (Phi) is 5.37. The number of nitrogens with one attached hydrogen (secondary N) is 2. The highest BCUT2D eigenvalue weighted by molar-refractivity contribution is 5.78. The van der Waals surface area contributed by atoms with E-state index in [0.717, 1.165) is 12.8 Å². The Morgan fingerprint density at radius 1 is 1.26 bits per heavy atom. The van der Waals surface area contributed by atoms with Gasteiger partial charge in [-0.1, -0.05) is 27.7 Å². The van der Waals surface area contributed by atoms with Crippen LogP contribution in [0.1, 0.15) is 53.4 Å². The van der Waals surface area contributed by atoms with Crippen molar-refractivity contribution in [2.45, 2.75) is 59.4 Å². The Labute approximate surface area is 116 Å². The maximum Gasteiger partial charge on any atom is 0.233 e. The Hall–Kier alpha value is -1.08. The molecule has 0 aliphatic heterocycles. The SMILES string of the molecule is CC1(C)CC(NCC(=O)NCCC#N)CC(C)(C)C1. The van der Waals surface area contributed by atoms with E-state index in [1.165, 1.54) is 6.42 Å². The number of carbonyl (C=O) groups excluding carboxylic acids is 1. The van der Waals surface area contributed by atoms with Gasteiger partial charge in [-0.15, -0.1) is 0 Å². The van der Waals surface area contributed by atoms with E-state index in [1.54, 1.807) is 0 Å². The highest BCUT2D eigenvalue weighted by atomic mass is 16.1. The van der Waals surface area contributed by atoms with Gasteiger partial charge in [0, 0.05) is 12.6 Å². The van der Waals surface area contributed by atoms with Crippen molar-refractivity contribution in [1.82, 2.24) is 10.6 Å². The summed E-state index contributed by atoms with van der Waals surface area (Å²) in [5, 5.41) is 14.5. The van der Waals surface area contributed by atoms with Gasteiger partial charge in [0.15, 0.2) is 0 Å². The van der Waals surface area contributed by atoms with Gasteiger partial charge in [-0.3, -0.25) is 4.79 Å². The van der Waals surface area contributed by atoms with Gasteiger partial charge in [-0.25, -0.2) is 0 Å². The van der Waals surface area contributed by atoms with Crippen molar-refractivity contribution in [2.24, 2.45) is 10.8 Å². The molecule has 1 fully saturated rings. The van der Waals surface area contributed by atoms with Crippen LogP contribution in [0, 0.1) is 22.2 Å². The van der Waals surface area contributed by atoms with Gasteiger partial charge in [-0.05, 0) is 30.1 Å². The maximum absolute atomic E-state index is 11.6. The molecular weight excluding hydrogens is 238 g/mol. The van der Waals surface area contributed by atoms with Gasteiger partial charge in [-0.2, -0.15) is 5.26 Å². The Morgan fingerprint density at radius 3 is 2.37 bits per heavy atom. The van der Waals surface area contributed by atoms with E-state index < -0.39 is 0 Å². The van der Waals surface area contributed by atoms with Crippen LogP contribution >= 0.6 is 0 Å². The maximum atomic E-state index is 11.6. The largest absolute Gasteiger partial charge is 0.354 e. The van der Waals surface area contributed by atoms with E-state index >= 15 is 0 Å². The average molecular weight is 265 g/mol. The van der Waals surface area contributed by atoms with Crippen molar-refractivity contribution in [3.63, 3.8) is 0 Å². The molecule has 108 valence electrons. The number of nitriles is 1. The minimum atomic E-state index is -0.0172. The lowest BCUT2D eigenvalue weighted by Crippen LogP contribution is -2.47. The van der Waals surface area contributed by atoms with Crippen LogP contribution in [-0.2, 0) is 4.79 Å². The first kappa shape index (κ1) is 16.0. The van der Waals surface area contributed by atoms with Crippen molar-refractivity contribution < 1.29 is 4.79 Å². The molecule has 1 rings (SSSR count). The third-order valence-electron chi connectivity index (χ3n) is 3.67. The highest BCUT2D eigenvalue weighted by Gasteiger charge is 2.38. The first-order valence-corrected chi connectivity index (χ1v) is 7.11. The van der Waals surface area contributed by atoms with Crippen molar-refractivity contribution in [1.29, 1.82) is 5.26 Å². The van der Waals surface area contributed by atoms with Crippen molar-refractivity contribution >= 4 is 5.91 Å². The second-order valence-corrected chi connectivity index (χ2v) is 7.25. The molecule has 0 saturated heterocycles. The van der Waals surface area contributed by atoms with Crippen molar-refractivity contribution in [3.8, 4) is 6.07 Å². The molecule has 0 heterocycles. The molecule has 0 spiro atoms. The molecule has 19 heavy (non-hydrogen) atoms. The molecule has 0 radical (unpaired) electrons. The topological polar surface area (TPSA) is 64.9 Å². The summed E-state index contributed by atoms with van der Waals surface area (Å²) in [5.74, 6) is -0.0172. The predicted octanol–water partition coefficient (Wildman–Crippen LogP) is 2.21. The Bertz CT molecular complexity index is 339. The second-order valence-electron chi connectivity index (χ2n) is 7.25. The van der Waals surface area contributed by atoms with Crippen LogP contribution in [-0.4, -0.2) is 25.0 Å². The van der Waals surface area contributed by atoms with E-state index in [-0.39, 0.29) is 5.91 Å². The fourth-order valence-electron chi connectivity index (χ4n) is 3.55. The summed E-state index contributed by atoms with van der Waals surface area (Å²) in [5.41, 5.74) is 0.660. The number of nitrogens with zero attached hydrogens (tertiary/aromatic N) is 1. The second kappa shape index (κ2) is 6.38. The van der Waals surface area contributed by atoms with E-state index in [1.807, 2.05) is 6.07 Å². The fourth-order valence-corrected chi connectivity index (χ4v) is 3.55. The summed E-state index contributed by atoms with van der Waals surface area (Å²) >= 11 is 0. The van der Waals surface area contributed by atoms with Crippen LogP contribution in [0.4, 0.5) is 0 Å². The minimum absolute atomic E-state index is 0.0172. The number of amides is 1. The summed E-state index contributed by atoms with van der Waals surface area (Å²) in [6, 6.07) is 2.42. The summed E-state index contributed by atoms with van der Waals surface area (Å²) in [6.45, 7) is 10.00. The lowest BCUT2D eigenvalue weighted by atomic mass is 9.63. The van der Waals surface area contributed by atoms with E-state index in [9.17, 15) is 4.79 Å². The van der Waals surface area contributed by atoms with Crippen LogP contribution in [0.2, 0.25) is 0 Å². The van der Waals surface area contributed by atoms with Crippen molar-refractivity contribution in [3.05, 3.63) is 0 Å². The molecular formula is C15H27N3O. The number of carbonyl (C=O) groups is 1. The summed E-state index contributed by atoms with van der Waals surface area (Å²) in [7, 11) is 0. The summed E-state index contributed by atoms with van der Waals surface area (Å²) in [6.07, 6.45) is 3.82. The van der Waals surface area contributed by atoms with Gasteiger partial charge in [0.1, 0.15) is 0 Å². The molecule has 0 aromatic heterocycles. The lowest BCUT2D eigenvalue weighted by Gasteiger charge is -2.45. The summed E-state index contributed by atoms with van der Waals surface area (Å²) in [4.78, 5) is 11.6. The molecule has 0 aromatic rings. The third-order valence-corrected chi connectivity index (χ3v) is 3.67. The standard InChI is InChI=1S/C15H27N3O/c1-14(2)8-12(9-15(3,4)11-14)18-10-13(19)17-7-5-6-16/h12,18H,5,7-11H2,1-4H3,(H,17,19). The minimum Gasteiger partial charge on any atom is -0.354 e. The van der Waals surface area contributed by atoms with Gasteiger partial charge < -0.3 is 10.6 Å². The van der Waals surface area contributed by atoms with Crippen LogP contribution in [0.5, 0.6) is 0 Å². The first-order valence-electron chi connectivity index (χ1n) is 7.11. The normalized spacial score (nSPS) is 21.6. The Morgan fingerprint density at radius 2 is 1.84 bits per heavy atom. The molecule has 0 bridgehead atoms. The van der Waals surface area contributed by atoms with Gasteiger partial charge >= 0.3 is 0 Å².